The third-order valence-electron chi connectivity index (χ3n) is 4.40. The SMILES string of the molecule is CC(C)(CNC1CCCCC1)N1CCNCC1. The summed E-state index contributed by atoms with van der Waals surface area (Å²) in [6.45, 7) is 10.6. The molecule has 0 aromatic rings. The Morgan fingerprint density at radius 1 is 1.12 bits per heavy atom. The van der Waals surface area contributed by atoms with Gasteiger partial charge in [-0.15, -0.1) is 0 Å². The summed E-state index contributed by atoms with van der Waals surface area (Å²) >= 11 is 0. The Kier molecular flexibility index (Phi) is 4.83. The predicted molar refractivity (Wildman–Crippen MR) is 73.4 cm³/mol. The first-order valence-electron chi connectivity index (χ1n) is 7.38. The second kappa shape index (κ2) is 6.17. The summed E-state index contributed by atoms with van der Waals surface area (Å²) in [7, 11) is 0. The molecule has 2 N–H and O–H groups in total. The molecule has 3 nitrogen and oxygen atoms in total. The van der Waals surface area contributed by atoms with E-state index in [9.17, 15) is 0 Å². The molecule has 0 spiro atoms. The molecule has 0 amide bonds. The van der Waals surface area contributed by atoms with E-state index < -0.39 is 0 Å². The lowest BCUT2D eigenvalue weighted by Crippen LogP contribution is -2.58. The molecule has 100 valence electrons. The number of nitrogens with zero attached hydrogens (tertiary/aromatic N) is 1. The van der Waals surface area contributed by atoms with Crippen molar-refractivity contribution in [1.29, 1.82) is 0 Å². The van der Waals surface area contributed by atoms with Crippen LogP contribution in [0.3, 0.4) is 0 Å². The van der Waals surface area contributed by atoms with Crippen LogP contribution in [0.4, 0.5) is 0 Å². The summed E-state index contributed by atoms with van der Waals surface area (Å²) in [6, 6.07) is 0.783. The molecule has 1 aliphatic heterocycles. The van der Waals surface area contributed by atoms with Crippen LogP contribution >= 0.6 is 0 Å². The van der Waals surface area contributed by atoms with Gasteiger partial charge in [0.25, 0.3) is 0 Å². The van der Waals surface area contributed by atoms with Crippen molar-refractivity contribution in [2.75, 3.05) is 32.7 Å². The van der Waals surface area contributed by atoms with E-state index in [-0.39, 0.29) is 0 Å². The van der Waals surface area contributed by atoms with Crippen LogP contribution in [0.2, 0.25) is 0 Å². The molecule has 0 atom stereocenters. The molecule has 1 saturated heterocycles. The predicted octanol–water partition coefficient (Wildman–Crippen LogP) is 1.59. The lowest BCUT2D eigenvalue weighted by molar-refractivity contribution is 0.0976. The number of hydrogen-bond donors (Lipinski definition) is 2. The highest BCUT2D eigenvalue weighted by Gasteiger charge is 2.28. The van der Waals surface area contributed by atoms with E-state index in [1.54, 1.807) is 0 Å². The number of hydrogen-bond acceptors (Lipinski definition) is 3. The fourth-order valence-electron chi connectivity index (χ4n) is 3.08. The summed E-state index contributed by atoms with van der Waals surface area (Å²) in [6.07, 6.45) is 7.06. The van der Waals surface area contributed by atoms with E-state index >= 15 is 0 Å². The Labute approximate surface area is 106 Å². The van der Waals surface area contributed by atoms with E-state index in [4.69, 9.17) is 0 Å². The quantitative estimate of drug-likeness (QED) is 0.780. The standard InChI is InChI=1S/C14H29N3/c1-14(2,17-10-8-15-9-11-17)12-16-13-6-4-3-5-7-13/h13,15-16H,3-12H2,1-2H3. The largest absolute Gasteiger partial charge is 0.314 e. The van der Waals surface area contributed by atoms with Crippen molar-refractivity contribution in [3.05, 3.63) is 0 Å². The Balaban J connectivity index is 1.75. The van der Waals surface area contributed by atoms with Crippen molar-refractivity contribution < 1.29 is 0 Å². The van der Waals surface area contributed by atoms with Gasteiger partial charge in [0, 0.05) is 44.3 Å². The lowest BCUT2D eigenvalue weighted by atomic mass is 9.94. The molecule has 1 aliphatic carbocycles. The van der Waals surface area contributed by atoms with Gasteiger partial charge < -0.3 is 10.6 Å². The molecule has 1 heterocycles. The Morgan fingerprint density at radius 3 is 2.41 bits per heavy atom. The van der Waals surface area contributed by atoms with Crippen LogP contribution in [0.5, 0.6) is 0 Å². The monoisotopic (exact) mass is 239 g/mol. The minimum atomic E-state index is 0.305. The van der Waals surface area contributed by atoms with Crippen LogP contribution < -0.4 is 10.6 Å². The van der Waals surface area contributed by atoms with E-state index in [1.165, 1.54) is 45.2 Å². The van der Waals surface area contributed by atoms with Gasteiger partial charge in [-0.3, -0.25) is 4.90 Å². The van der Waals surface area contributed by atoms with Gasteiger partial charge in [0.05, 0.1) is 0 Å². The molecular formula is C14H29N3. The first-order chi connectivity index (χ1) is 8.18. The van der Waals surface area contributed by atoms with Gasteiger partial charge in [-0.05, 0) is 26.7 Å². The zero-order chi connectivity index (χ0) is 12.1. The van der Waals surface area contributed by atoms with Gasteiger partial charge in [-0.2, -0.15) is 0 Å². The minimum Gasteiger partial charge on any atom is -0.314 e. The van der Waals surface area contributed by atoms with Crippen molar-refractivity contribution in [3.63, 3.8) is 0 Å². The molecule has 0 radical (unpaired) electrons. The van der Waals surface area contributed by atoms with E-state index in [0.29, 0.717) is 5.54 Å². The molecule has 0 unspecified atom stereocenters. The fourth-order valence-corrected chi connectivity index (χ4v) is 3.08. The molecule has 1 saturated carbocycles. The second-order valence-corrected chi connectivity index (χ2v) is 6.27. The minimum absolute atomic E-state index is 0.305. The summed E-state index contributed by atoms with van der Waals surface area (Å²) in [4.78, 5) is 2.62. The molecular weight excluding hydrogens is 210 g/mol. The maximum Gasteiger partial charge on any atom is 0.0278 e. The van der Waals surface area contributed by atoms with Crippen molar-refractivity contribution in [2.45, 2.75) is 57.5 Å². The van der Waals surface area contributed by atoms with E-state index in [1.807, 2.05) is 0 Å². The van der Waals surface area contributed by atoms with E-state index in [0.717, 1.165) is 25.7 Å². The molecule has 2 fully saturated rings. The third-order valence-corrected chi connectivity index (χ3v) is 4.40. The van der Waals surface area contributed by atoms with Gasteiger partial charge >= 0.3 is 0 Å². The first-order valence-corrected chi connectivity index (χ1v) is 7.38. The van der Waals surface area contributed by atoms with Crippen LogP contribution in [-0.4, -0.2) is 49.2 Å². The van der Waals surface area contributed by atoms with Gasteiger partial charge in [-0.1, -0.05) is 19.3 Å². The average Bonchev–Trinajstić information content (AvgIpc) is 2.39. The van der Waals surface area contributed by atoms with Gasteiger partial charge in [0.2, 0.25) is 0 Å². The van der Waals surface area contributed by atoms with Crippen LogP contribution in [0.25, 0.3) is 0 Å². The Morgan fingerprint density at radius 2 is 1.76 bits per heavy atom. The zero-order valence-corrected chi connectivity index (χ0v) is 11.6. The molecule has 17 heavy (non-hydrogen) atoms. The van der Waals surface area contributed by atoms with Crippen molar-refractivity contribution in [1.82, 2.24) is 15.5 Å². The molecule has 2 rings (SSSR count). The normalized spacial score (nSPS) is 25.1. The zero-order valence-electron chi connectivity index (χ0n) is 11.6. The topological polar surface area (TPSA) is 27.3 Å². The van der Waals surface area contributed by atoms with Crippen LogP contribution in [-0.2, 0) is 0 Å². The molecule has 2 aliphatic rings. The smallest absolute Gasteiger partial charge is 0.0278 e. The molecule has 0 bridgehead atoms. The Bertz CT molecular complexity index is 216. The van der Waals surface area contributed by atoms with Crippen LogP contribution in [0.15, 0.2) is 0 Å². The summed E-state index contributed by atoms with van der Waals surface area (Å²) in [5, 5.41) is 7.23. The van der Waals surface area contributed by atoms with Crippen LogP contribution in [0, 0.1) is 0 Å². The number of piperazine rings is 1. The van der Waals surface area contributed by atoms with Gasteiger partial charge in [0.15, 0.2) is 0 Å². The Hall–Kier alpha value is -0.120. The number of rotatable bonds is 4. The average molecular weight is 239 g/mol. The highest BCUT2D eigenvalue weighted by molar-refractivity contribution is 4.88. The van der Waals surface area contributed by atoms with Crippen LogP contribution in [0.1, 0.15) is 46.0 Å². The molecule has 3 heteroatoms. The highest BCUT2D eigenvalue weighted by Crippen LogP contribution is 2.19. The summed E-state index contributed by atoms with van der Waals surface area (Å²) in [5.41, 5.74) is 0.305. The number of nitrogens with one attached hydrogen (secondary N) is 2. The van der Waals surface area contributed by atoms with Gasteiger partial charge in [-0.25, -0.2) is 0 Å². The maximum absolute atomic E-state index is 3.80. The fraction of sp³-hybridized carbons (Fsp3) is 1.00. The first kappa shape index (κ1) is 13.3. The van der Waals surface area contributed by atoms with Crippen molar-refractivity contribution in [2.24, 2.45) is 0 Å². The maximum atomic E-state index is 3.80. The second-order valence-electron chi connectivity index (χ2n) is 6.27. The van der Waals surface area contributed by atoms with Crippen molar-refractivity contribution >= 4 is 0 Å². The van der Waals surface area contributed by atoms with Crippen molar-refractivity contribution in [3.8, 4) is 0 Å². The summed E-state index contributed by atoms with van der Waals surface area (Å²) < 4.78 is 0. The van der Waals surface area contributed by atoms with E-state index in [2.05, 4.69) is 29.4 Å². The highest BCUT2D eigenvalue weighted by atomic mass is 15.2. The summed E-state index contributed by atoms with van der Waals surface area (Å²) in [5.74, 6) is 0. The molecule has 0 aromatic carbocycles. The van der Waals surface area contributed by atoms with Gasteiger partial charge in [0.1, 0.15) is 0 Å². The third kappa shape index (κ3) is 3.94. The lowest BCUT2D eigenvalue weighted by Gasteiger charge is -2.42. The molecule has 0 aromatic heterocycles.